The minimum absolute atomic E-state index is 0.0495. The second kappa shape index (κ2) is 5.09. The van der Waals surface area contributed by atoms with Gasteiger partial charge in [-0.25, -0.2) is 13.1 Å². The van der Waals surface area contributed by atoms with Gasteiger partial charge in [0.2, 0.25) is 10.0 Å². The molecular weight excluding hydrogens is 244 g/mol. The molecule has 0 unspecified atom stereocenters. The van der Waals surface area contributed by atoms with Gasteiger partial charge in [0.25, 0.3) is 0 Å². The highest BCUT2D eigenvalue weighted by atomic mass is 35.5. The zero-order valence-corrected chi connectivity index (χ0v) is 9.75. The van der Waals surface area contributed by atoms with Gasteiger partial charge in [0.05, 0.1) is 10.1 Å². The van der Waals surface area contributed by atoms with Crippen LogP contribution in [0.25, 0.3) is 0 Å². The molecule has 80 valence electrons. The van der Waals surface area contributed by atoms with Crippen LogP contribution >= 0.6 is 22.9 Å². The fourth-order valence-corrected chi connectivity index (χ4v) is 2.80. The van der Waals surface area contributed by atoms with Crippen molar-refractivity contribution in [2.24, 2.45) is 5.73 Å². The fourth-order valence-electron chi connectivity index (χ4n) is 0.855. The van der Waals surface area contributed by atoms with E-state index in [1.807, 2.05) is 0 Å². The van der Waals surface area contributed by atoms with Crippen molar-refractivity contribution in [3.8, 4) is 0 Å². The third-order valence-corrected chi connectivity index (χ3v) is 4.07. The van der Waals surface area contributed by atoms with E-state index < -0.39 is 10.0 Å². The minimum atomic E-state index is -3.23. The van der Waals surface area contributed by atoms with Crippen molar-refractivity contribution < 1.29 is 8.42 Å². The molecule has 1 heterocycles. The van der Waals surface area contributed by atoms with Gasteiger partial charge in [0, 0.05) is 18.0 Å². The molecule has 4 nitrogen and oxygen atoms in total. The topological polar surface area (TPSA) is 72.2 Å². The average Bonchev–Trinajstić information content (AvgIpc) is 2.48. The highest BCUT2D eigenvalue weighted by molar-refractivity contribution is 7.89. The predicted octanol–water partition coefficient (Wildman–Crippen LogP) is 0.780. The van der Waals surface area contributed by atoms with E-state index in [4.69, 9.17) is 17.3 Å². The maximum atomic E-state index is 11.2. The lowest BCUT2D eigenvalue weighted by molar-refractivity contribution is 0.581. The first-order valence-electron chi connectivity index (χ1n) is 3.95. The number of rotatable bonds is 5. The second-order valence-corrected chi connectivity index (χ2v) is 6.36. The van der Waals surface area contributed by atoms with Crippen LogP contribution in [0.15, 0.2) is 12.1 Å². The van der Waals surface area contributed by atoms with Crippen molar-refractivity contribution in [1.82, 2.24) is 4.72 Å². The van der Waals surface area contributed by atoms with Crippen molar-refractivity contribution in [1.29, 1.82) is 0 Å². The summed E-state index contributed by atoms with van der Waals surface area (Å²) in [7, 11) is -3.23. The van der Waals surface area contributed by atoms with Crippen LogP contribution in [0.3, 0.4) is 0 Å². The standard InChI is InChI=1S/C7H11ClN2O2S2/c8-7-2-1-6(13-7)5-10-14(11,12)4-3-9/h1-2,10H,3-5,9H2. The molecule has 1 aromatic rings. The number of hydrogen-bond donors (Lipinski definition) is 2. The summed E-state index contributed by atoms with van der Waals surface area (Å²) in [6.07, 6.45) is 0. The molecule has 0 radical (unpaired) electrons. The number of hydrogen-bond acceptors (Lipinski definition) is 4. The average molecular weight is 255 g/mol. The highest BCUT2D eigenvalue weighted by Crippen LogP contribution is 2.21. The van der Waals surface area contributed by atoms with E-state index in [1.54, 1.807) is 12.1 Å². The summed E-state index contributed by atoms with van der Waals surface area (Å²) in [5.74, 6) is -0.0495. The van der Waals surface area contributed by atoms with E-state index in [0.717, 1.165) is 4.88 Å². The molecule has 0 aliphatic rings. The summed E-state index contributed by atoms with van der Waals surface area (Å²) >= 11 is 7.05. The molecule has 1 rings (SSSR count). The Kier molecular flexibility index (Phi) is 4.33. The van der Waals surface area contributed by atoms with Crippen molar-refractivity contribution in [3.05, 3.63) is 21.3 Å². The summed E-state index contributed by atoms with van der Waals surface area (Å²) in [6.45, 7) is 0.403. The summed E-state index contributed by atoms with van der Waals surface area (Å²) in [6, 6.07) is 3.52. The molecule has 7 heteroatoms. The zero-order valence-electron chi connectivity index (χ0n) is 7.36. The molecule has 0 aliphatic carbocycles. The third kappa shape index (κ3) is 3.93. The molecule has 3 N–H and O–H groups in total. The highest BCUT2D eigenvalue weighted by Gasteiger charge is 2.08. The van der Waals surface area contributed by atoms with E-state index in [9.17, 15) is 8.42 Å². The quantitative estimate of drug-likeness (QED) is 0.816. The first kappa shape index (κ1) is 11.9. The normalized spacial score (nSPS) is 11.9. The Morgan fingerprint density at radius 3 is 2.71 bits per heavy atom. The summed E-state index contributed by atoms with van der Waals surface area (Å²) in [5.41, 5.74) is 5.15. The molecule has 0 bridgehead atoms. The van der Waals surface area contributed by atoms with Crippen LogP contribution in [0.4, 0.5) is 0 Å². The Morgan fingerprint density at radius 2 is 2.21 bits per heavy atom. The van der Waals surface area contributed by atoms with E-state index in [0.29, 0.717) is 4.34 Å². The van der Waals surface area contributed by atoms with Gasteiger partial charge in [-0.05, 0) is 12.1 Å². The smallest absolute Gasteiger partial charge is 0.213 e. The van der Waals surface area contributed by atoms with Gasteiger partial charge in [-0.3, -0.25) is 0 Å². The van der Waals surface area contributed by atoms with Crippen molar-refractivity contribution in [2.75, 3.05) is 12.3 Å². The van der Waals surface area contributed by atoms with Crippen LogP contribution < -0.4 is 10.5 Å². The van der Waals surface area contributed by atoms with E-state index in [2.05, 4.69) is 4.72 Å². The van der Waals surface area contributed by atoms with Crippen LogP contribution in [0.5, 0.6) is 0 Å². The number of halogens is 1. The van der Waals surface area contributed by atoms with E-state index >= 15 is 0 Å². The van der Waals surface area contributed by atoms with Crippen LogP contribution in [0.2, 0.25) is 4.34 Å². The molecular formula is C7H11ClN2O2S2. The summed E-state index contributed by atoms with van der Waals surface area (Å²) in [4.78, 5) is 0.885. The Hall–Kier alpha value is -0.140. The molecule has 0 fully saturated rings. The van der Waals surface area contributed by atoms with Gasteiger partial charge in [0.1, 0.15) is 0 Å². The van der Waals surface area contributed by atoms with Gasteiger partial charge in [-0.1, -0.05) is 11.6 Å². The monoisotopic (exact) mass is 254 g/mol. The van der Waals surface area contributed by atoms with Gasteiger partial charge in [-0.15, -0.1) is 11.3 Å². The summed E-state index contributed by atoms with van der Waals surface area (Å²) in [5, 5.41) is 0. The lowest BCUT2D eigenvalue weighted by atomic mass is 10.5. The molecule has 0 atom stereocenters. The van der Waals surface area contributed by atoms with E-state index in [1.165, 1.54) is 11.3 Å². The van der Waals surface area contributed by atoms with Crippen LogP contribution in [0, 0.1) is 0 Å². The van der Waals surface area contributed by atoms with Crippen LogP contribution in [-0.2, 0) is 16.6 Å². The Balaban J connectivity index is 2.48. The second-order valence-electron chi connectivity index (χ2n) is 2.63. The van der Waals surface area contributed by atoms with Crippen LogP contribution in [-0.4, -0.2) is 20.7 Å². The molecule has 0 aromatic carbocycles. The summed E-state index contributed by atoms with van der Waals surface area (Å²) < 4.78 is 25.5. The van der Waals surface area contributed by atoms with Crippen molar-refractivity contribution >= 4 is 33.0 Å². The van der Waals surface area contributed by atoms with Gasteiger partial charge < -0.3 is 5.73 Å². The maximum Gasteiger partial charge on any atom is 0.213 e. The number of nitrogens with two attached hydrogens (primary N) is 1. The zero-order chi connectivity index (χ0) is 10.6. The minimum Gasteiger partial charge on any atom is -0.329 e. The molecule has 0 amide bonds. The molecule has 0 saturated heterocycles. The van der Waals surface area contributed by atoms with Gasteiger partial charge >= 0.3 is 0 Å². The van der Waals surface area contributed by atoms with E-state index in [-0.39, 0.29) is 18.8 Å². The number of nitrogens with one attached hydrogen (secondary N) is 1. The third-order valence-electron chi connectivity index (χ3n) is 1.48. The molecule has 0 saturated carbocycles. The SMILES string of the molecule is NCCS(=O)(=O)NCc1ccc(Cl)s1. The molecule has 14 heavy (non-hydrogen) atoms. The largest absolute Gasteiger partial charge is 0.329 e. The maximum absolute atomic E-state index is 11.2. The lowest BCUT2D eigenvalue weighted by Crippen LogP contribution is -2.29. The van der Waals surface area contributed by atoms with Crippen molar-refractivity contribution in [3.63, 3.8) is 0 Å². The van der Waals surface area contributed by atoms with Crippen molar-refractivity contribution in [2.45, 2.75) is 6.54 Å². The van der Waals surface area contributed by atoms with Crippen LogP contribution in [0.1, 0.15) is 4.88 Å². The number of thiophene rings is 1. The van der Waals surface area contributed by atoms with Gasteiger partial charge in [0.15, 0.2) is 0 Å². The molecule has 0 spiro atoms. The predicted molar refractivity (Wildman–Crippen MR) is 59.0 cm³/mol. The lowest BCUT2D eigenvalue weighted by Gasteiger charge is -2.02. The first-order chi connectivity index (χ1) is 6.53. The van der Waals surface area contributed by atoms with Gasteiger partial charge in [-0.2, -0.15) is 0 Å². The Labute approximate surface area is 92.1 Å². The number of sulfonamides is 1. The molecule has 1 aromatic heterocycles. The Bertz CT molecular complexity index is 388. The molecule has 0 aliphatic heterocycles. The first-order valence-corrected chi connectivity index (χ1v) is 6.80. The fraction of sp³-hybridized carbons (Fsp3) is 0.429. The Morgan fingerprint density at radius 1 is 1.50 bits per heavy atom.